The van der Waals surface area contributed by atoms with E-state index >= 15 is 0 Å². The summed E-state index contributed by atoms with van der Waals surface area (Å²) < 4.78 is 5.39. The molecule has 1 aliphatic rings. The Bertz CT molecular complexity index is 895. The predicted octanol–water partition coefficient (Wildman–Crippen LogP) is 3.34. The third-order valence-electron chi connectivity index (χ3n) is 4.51. The van der Waals surface area contributed by atoms with Gasteiger partial charge >= 0.3 is 0 Å². The van der Waals surface area contributed by atoms with Gasteiger partial charge in [-0.3, -0.25) is 9.78 Å². The van der Waals surface area contributed by atoms with Gasteiger partial charge in [-0.25, -0.2) is 0 Å². The molecule has 6 nitrogen and oxygen atoms in total. The maximum absolute atomic E-state index is 12.3. The van der Waals surface area contributed by atoms with Gasteiger partial charge in [-0.2, -0.15) is 4.98 Å². The lowest BCUT2D eigenvalue weighted by molar-refractivity contribution is -0.127. The molecule has 3 heterocycles. The van der Waals surface area contributed by atoms with Crippen molar-refractivity contribution in [1.29, 1.82) is 0 Å². The van der Waals surface area contributed by atoms with Crippen LogP contribution in [0.4, 0.5) is 0 Å². The number of amides is 1. The first kappa shape index (κ1) is 16.7. The largest absolute Gasteiger partial charge is 0.342 e. The molecule has 1 saturated heterocycles. The highest BCUT2D eigenvalue weighted by Gasteiger charge is 2.34. The quantitative estimate of drug-likeness (QED) is 0.690. The molecule has 7 heteroatoms. The number of carbonyl (C=O) groups is 1. The van der Waals surface area contributed by atoms with Crippen LogP contribution in [-0.2, 0) is 11.2 Å². The zero-order valence-corrected chi connectivity index (χ0v) is 14.8. The highest BCUT2D eigenvalue weighted by atomic mass is 35.5. The highest BCUT2D eigenvalue weighted by molar-refractivity contribution is 6.30. The fourth-order valence-electron chi connectivity index (χ4n) is 3.08. The van der Waals surface area contributed by atoms with Crippen LogP contribution in [-0.4, -0.2) is 39.0 Å². The van der Waals surface area contributed by atoms with Crippen LogP contribution in [0.5, 0.6) is 0 Å². The number of rotatable bonds is 5. The van der Waals surface area contributed by atoms with Crippen LogP contribution < -0.4 is 0 Å². The van der Waals surface area contributed by atoms with Crippen molar-refractivity contribution in [2.24, 2.45) is 0 Å². The number of hydrogen-bond donors (Lipinski definition) is 0. The number of benzene rings is 1. The van der Waals surface area contributed by atoms with E-state index in [2.05, 4.69) is 15.1 Å². The minimum absolute atomic E-state index is 0.0642. The molecule has 0 bridgehead atoms. The Morgan fingerprint density at radius 3 is 2.85 bits per heavy atom. The van der Waals surface area contributed by atoms with Crippen LogP contribution >= 0.6 is 11.6 Å². The van der Waals surface area contributed by atoms with Crippen LogP contribution in [0.25, 0.3) is 11.4 Å². The summed E-state index contributed by atoms with van der Waals surface area (Å²) in [7, 11) is 0. The van der Waals surface area contributed by atoms with Gasteiger partial charge in [0.2, 0.25) is 17.6 Å². The average Bonchev–Trinajstić information content (AvgIpc) is 3.29. The molecule has 26 heavy (non-hydrogen) atoms. The van der Waals surface area contributed by atoms with Crippen molar-refractivity contribution >= 4 is 17.5 Å². The van der Waals surface area contributed by atoms with Gasteiger partial charge in [0, 0.05) is 42.5 Å². The van der Waals surface area contributed by atoms with Gasteiger partial charge in [0.25, 0.3) is 0 Å². The highest BCUT2D eigenvalue weighted by Crippen LogP contribution is 2.28. The fourth-order valence-corrected chi connectivity index (χ4v) is 3.21. The van der Waals surface area contributed by atoms with E-state index < -0.39 is 0 Å². The van der Waals surface area contributed by atoms with E-state index in [4.69, 9.17) is 16.1 Å². The second kappa shape index (κ2) is 7.25. The molecule has 0 saturated carbocycles. The van der Waals surface area contributed by atoms with Crippen LogP contribution in [0.1, 0.15) is 23.8 Å². The second-order valence-corrected chi connectivity index (χ2v) is 6.75. The summed E-state index contributed by atoms with van der Waals surface area (Å²) in [6.45, 7) is 1.27. The topological polar surface area (TPSA) is 72.1 Å². The second-order valence-electron chi connectivity index (χ2n) is 6.32. The molecule has 0 aliphatic carbocycles. The van der Waals surface area contributed by atoms with Crippen LogP contribution in [0.3, 0.4) is 0 Å². The Balaban J connectivity index is 1.40. The van der Waals surface area contributed by atoms with Crippen LogP contribution in [0, 0.1) is 0 Å². The lowest BCUT2D eigenvalue weighted by Crippen LogP contribution is -2.27. The summed E-state index contributed by atoms with van der Waals surface area (Å²) in [5.74, 6) is 1.06. The van der Waals surface area contributed by atoms with Gasteiger partial charge in [-0.1, -0.05) is 28.9 Å². The van der Waals surface area contributed by atoms with Gasteiger partial charge in [0.15, 0.2) is 0 Å². The molecule has 1 unspecified atom stereocenters. The Kier molecular flexibility index (Phi) is 4.67. The van der Waals surface area contributed by atoms with Gasteiger partial charge in [-0.05, 0) is 36.2 Å². The summed E-state index contributed by atoms with van der Waals surface area (Å²) in [4.78, 5) is 22.7. The molecule has 1 fully saturated rings. The van der Waals surface area contributed by atoms with E-state index in [-0.39, 0.29) is 11.8 Å². The number of halogens is 1. The fraction of sp³-hybridized carbons (Fsp3) is 0.263. The molecule has 1 amide bonds. The summed E-state index contributed by atoms with van der Waals surface area (Å²) in [5.41, 5.74) is 1.95. The zero-order valence-electron chi connectivity index (χ0n) is 14.0. The lowest BCUT2D eigenvalue weighted by atomic mass is 10.1. The normalized spacial score (nSPS) is 17.0. The summed E-state index contributed by atoms with van der Waals surface area (Å²) >= 11 is 5.90. The molecule has 1 atom stereocenters. The predicted molar refractivity (Wildman–Crippen MR) is 96.6 cm³/mol. The van der Waals surface area contributed by atoms with Gasteiger partial charge in [-0.15, -0.1) is 0 Å². The first-order valence-corrected chi connectivity index (χ1v) is 8.83. The van der Waals surface area contributed by atoms with Crippen LogP contribution in [0.15, 0.2) is 53.3 Å². The Morgan fingerprint density at radius 1 is 1.23 bits per heavy atom. The maximum Gasteiger partial charge on any atom is 0.232 e. The lowest BCUT2D eigenvalue weighted by Gasteiger charge is -2.15. The molecule has 4 rings (SSSR count). The smallest absolute Gasteiger partial charge is 0.232 e. The van der Waals surface area contributed by atoms with Gasteiger partial charge in [0.1, 0.15) is 0 Å². The minimum atomic E-state index is -0.0642. The van der Waals surface area contributed by atoms with Crippen molar-refractivity contribution in [2.45, 2.75) is 18.8 Å². The minimum Gasteiger partial charge on any atom is -0.342 e. The van der Waals surface area contributed by atoms with E-state index in [1.165, 1.54) is 0 Å². The molecular formula is C19H17ClN4O2. The standard InChI is InChI=1S/C19H17ClN4O2/c20-16-5-3-13(4-6-16)7-9-24-12-15(10-17(24)25)19-22-18(23-26-19)14-2-1-8-21-11-14/h1-6,8,11,15H,7,9-10,12H2. The Labute approximate surface area is 155 Å². The summed E-state index contributed by atoms with van der Waals surface area (Å²) in [6.07, 6.45) is 4.57. The third-order valence-corrected chi connectivity index (χ3v) is 4.76. The van der Waals surface area contributed by atoms with Crippen molar-refractivity contribution in [3.8, 4) is 11.4 Å². The molecule has 2 aromatic heterocycles. The molecule has 132 valence electrons. The molecule has 1 aromatic carbocycles. The number of likely N-dealkylation sites (tertiary alicyclic amines) is 1. The number of pyridine rings is 1. The molecule has 0 N–H and O–H groups in total. The molecule has 1 aliphatic heterocycles. The van der Waals surface area contributed by atoms with E-state index in [1.54, 1.807) is 12.4 Å². The Hall–Kier alpha value is -2.73. The molecular weight excluding hydrogens is 352 g/mol. The van der Waals surface area contributed by atoms with Crippen molar-refractivity contribution < 1.29 is 9.32 Å². The number of nitrogens with zero attached hydrogens (tertiary/aromatic N) is 4. The van der Waals surface area contributed by atoms with Crippen molar-refractivity contribution in [3.63, 3.8) is 0 Å². The van der Waals surface area contributed by atoms with E-state index in [0.717, 1.165) is 17.5 Å². The molecule has 0 spiro atoms. The third kappa shape index (κ3) is 3.60. The molecule has 3 aromatic rings. The number of carbonyl (C=O) groups excluding carboxylic acids is 1. The van der Waals surface area contributed by atoms with Gasteiger partial charge in [0.05, 0.1) is 5.92 Å². The van der Waals surface area contributed by atoms with E-state index in [0.29, 0.717) is 36.2 Å². The van der Waals surface area contributed by atoms with Crippen LogP contribution in [0.2, 0.25) is 5.02 Å². The SMILES string of the molecule is O=C1CC(c2nc(-c3cccnc3)no2)CN1CCc1ccc(Cl)cc1. The zero-order chi connectivity index (χ0) is 17.9. The van der Waals surface area contributed by atoms with Crippen molar-refractivity contribution in [2.75, 3.05) is 13.1 Å². The Morgan fingerprint density at radius 2 is 2.08 bits per heavy atom. The first-order valence-electron chi connectivity index (χ1n) is 8.45. The summed E-state index contributed by atoms with van der Waals surface area (Å²) in [5, 5.41) is 4.73. The van der Waals surface area contributed by atoms with E-state index in [1.807, 2.05) is 41.3 Å². The van der Waals surface area contributed by atoms with Crippen molar-refractivity contribution in [1.82, 2.24) is 20.0 Å². The first-order chi connectivity index (χ1) is 12.7. The number of hydrogen-bond acceptors (Lipinski definition) is 5. The van der Waals surface area contributed by atoms with Crippen molar-refractivity contribution in [3.05, 3.63) is 65.3 Å². The average molecular weight is 369 g/mol. The summed E-state index contributed by atoms with van der Waals surface area (Å²) in [6, 6.07) is 11.4. The monoisotopic (exact) mass is 368 g/mol. The van der Waals surface area contributed by atoms with Gasteiger partial charge < -0.3 is 9.42 Å². The molecule has 0 radical (unpaired) electrons. The maximum atomic E-state index is 12.3. The number of aromatic nitrogens is 3. The van der Waals surface area contributed by atoms with E-state index in [9.17, 15) is 4.79 Å².